The van der Waals surface area contributed by atoms with Crippen molar-refractivity contribution in [3.63, 3.8) is 0 Å². The van der Waals surface area contributed by atoms with E-state index >= 15 is 0 Å². The molecule has 20 heavy (non-hydrogen) atoms. The quantitative estimate of drug-likeness (QED) is 0.643. The number of unbranched alkanes of at least 4 members (excludes halogenated alkanes) is 6. The van der Waals surface area contributed by atoms with Crippen molar-refractivity contribution in [3.05, 3.63) is 35.9 Å². The van der Waals surface area contributed by atoms with E-state index in [9.17, 15) is 9.90 Å². The molecule has 1 amide bonds. The second-order valence-corrected chi connectivity index (χ2v) is 5.46. The molecule has 0 saturated carbocycles. The zero-order valence-corrected chi connectivity index (χ0v) is 12.5. The van der Waals surface area contributed by atoms with Gasteiger partial charge in [-0.05, 0) is 18.4 Å². The molecule has 3 heteroatoms. The lowest BCUT2D eigenvalue weighted by Crippen LogP contribution is -2.41. The van der Waals surface area contributed by atoms with Gasteiger partial charge in [0.05, 0.1) is 0 Å². The number of nitrogens with two attached hydrogens (primary N) is 1. The van der Waals surface area contributed by atoms with E-state index in [2.05, 4.69) is 6.92 Å². The largest absolute Gasteiger partial charge is 0.375 e. The highest BCUT2D eigenvalue weighted by Crippen LogP contribution is 2.27. The Balaban J connectivity index is 2.43. The van der Waals surface area contributed by atoms with Crippen LogP contribution >= 0.6 is 0 Å². The zero-order valence-electron chi connectivity index (χ0n) is 12.5. The fourth-order valence-electron chi connectivity index (χ4n) is 2.46. The molecule has 0 aliphatic rings. The normalized spacial score (nSPS) is 13.9. The van der Waals surface area contributed by atoms with Crippen LogP contribution in [0.3, 0.4) is 0 Å². The van der Waals surface area contributed by atoms with Crippen molar-refractivity contribution < 1.29 is 9.90 Å². The molecular weight excluding hydrogens is 250 g/mol. The first kappa shape index (κ1) is 16.7. The number of hydrogen-bond donors (Lipinski definition) is 2. The van der Waals surface area contributed by atoms with Gasteiger partial charge in [-0.2, -0.15) is 0 Å². The van der Waals surface area contributed by atoms with Crippen molar-refractivity contribution in [2.24, 2.45) is 5.73 Å². The number of carbonyl (C=O) groups is 1. The lowest BCUT2D eigenvalue weighted by Gasteiger charge is -2.25. The Morgan fingerprint density at radius 1 is 1.05 bits per heavy atom. The minimum absolute atomic E-state index is 0.403. The van der Waals surface area contributed by atoms with Gasteiger partial charge in [-0.15, -0.1) is 0 Å². The molecule has 3 nitrogen and oxygen atoms in total. The minimum atomic E-state index is -1.52. The Labute approximate surface area is 122 Å². The van der Waals surface area contributed by atoms with Crippen LogP contribution in [0.5, 0.6) is 0 Å². The minimum Gasteiger partial charge on any atom is -0.375 e. The molecular formula is C17H27NO2. The Morgan fingerprint density at radius 2 is 1.60 bits per heavy atom. The molecule has 0 saturated heterocycles. The molecule has 0 unspecified atom stereocenters. The number of hydrogen-bond acceptors (Lipinski definition) is 2. The van der Waals surface area contributed by atoms with E-state index in [0.717, 1.165) is 19.3 Å². The molecule has 3 N–H and O–H groups in total. The molecule has 0 fully saturated rings. The van der Waals surface area contributed by atoms with Crippen LogP contribution < -0.4 is 5.73 Å². The third-order valence-electron chi connectivity index (χ3n) is 3.80. The second-order valence-electron chi connectivity index (χ2n) is 5.46. The van der Waals surface area contributed by atoms with Gasteiger partial charge in [-0.1, -0.05) is 75.8 Å². The average Bonchev–Trinajstić information content (AvgIpc) is 2.46. The first-order valence-corrected chi connectivity index (χ1v) is 7.69. The van der Waals surface area contributed by atoms with Gasteiger partial charge in [0.15, 0.2) is 5.60 Å². The Hall–Kier alpha value is -1.35. The van der Waals surface area contributed by atoms with Crippen molar-refractivity contribution in [1.29, 1.82) is 0 Å². The molecule has 0 spiro atoms. The first-order chi connectivity index (χ1) is 9.61. The maximum Gasteiger partial charge on any atom is 0.254 e. The summed E-state index contributed by atoms with van der Waals surface area (Å²) in [6.45, 7) is 2.20. The van der Waals surface area contributed by atoms with Gasteiger partial charge in [-0.25, -0.2) is 0 Å². The Morgan fingerprint density at radius 3 is 2.15 bits per heavy atom. The summed E-state index contributed by atoms with van der Waals surface area (Å²) in [4.78, 5) is 11.6. The SMILES string of the molecule is CCCCCCCCC[C@](O)(C(N)=O)c1ccccc1. The summed E-state index contributed by atoms with van der Waals surface area (Å²) in [6, 6.07) is 9.00. The highest BCUT2D eigenvalue weighted by molar-refractivity contribution is 5.84. The number of benzene rings is 1. The number of aliphatic hydroxyl groups is 1. The van der Waals surface area contributed by atoms with Crippen LogP contribution in [0.15, 0.2) is 30.3 Å². The summed E-state index contributed by atoms with van der Waals surface area (Å²) in [5.41, 5.74) is 4.47. The lowest BCUT2D eigenvalue weighted by molar-refractivity contribution is -0.138. The average molecular weight is 277 g/mol. The Bertz CT molecular complexity index is 391. The number of primary amides is 1. The smallest absolute Gasteiger partial charge is 0.254 e. The standard InChI is InChI=1S/C17H27NO2/c1-2-3-4-5-6-7-11-14-17(20,16(18)19)15-12-9-8-10-13-15/h8-10,12-13,20H,2-7,11,14H2,1H3,(H2,18,19)/t17-/m1/s1. The van der Waals surface area contributed by atoms with E-state index in [4.69, 9.17) is 5.73 Å². The van der Waals surface area contributed by atoms with E-state index < -0.39 is 11.5 Å². The van der Waals surface area contributed by atoms with Crippen molar-refractivity contribution >= 4 is 5.91 Å². The summed E-state index contributed by atoms with van der Waals surface area (Å²) >= 11 is 0. The topological polar surface area (TPSA) is 63.3 Å². The molecule has 112 valence electrons. The van der Waals surface area contributed by atoms with Gasteiger partial charge in [0.2, 0.25) is 0 Å². The summed E-state index contributed by atoms with van der Waals surface area (Å²) in [5.74, 6) is -0.658. The van der Waals surface area contributed by atoms with Gasteiger partial charge in [0.1, 0.15) is 0 Å². The molecule has 0 bridgehead atoms. The molecule has 0 aliphatic heterocycles. The maximum atomic E-state index is 11.6. The maximum absolute atomic E-state index is 11.6. The van der Waals surface area contributed by atoms with Crippen molar-refractivity contribution in [2.75, 3.05) is 0 Å². The predicted octanol–water partition coefficient (Wildman–Crippen LogP) is 3.50. The van der Waals surface area contributed by atoms with Crippen LogP contribution in [0.25, 0.3) is 0 Å². The third kappa shape index (κ3) is 4.97. The zero-order chi connectivity index (χ0) is 14.8. The van der Waals surface area contributed by atoms with Gasteiger partial charge in [-0.3, -0.25) is 4.79 Å². The van der Waals surface area contributed by atoms with Crippen LogP contribution in [0, 0.1) is 0 Å². The fraction of sp³-hybridized carbons (Fsp3) is 0.588. The second kappa shape index (κ2) is 8.75. The molecule has 1 rings (SSSR count). The molecule has 0 aromatic heterocycles. The molecule has 0 aliphatic carbocycles. The fourth-order valence-corrected chi connectivity index (χ4v) is 2.46. The highest BCUT2D eigenvalue weighted by Gasteiger charge is 2.34. The summed E-state index contributed by atoms with van der Waals surface area (Å²) < 4.78 is 0. The lowest BCUT2D eigenvalue weighted by atomic mass is 9.87. The number of amides is 1. The molecule has 0 heterocycles. The van der Waals surface area contributed by atoms with Crippen molar-refractivity contribution in [1.82, 2.24) is 0 Å². The van der Waals surface area contributed by atoms with Crippen molar-refractivity contribution in [3.8, 4) is 0 Å². The van der Waals surface area contributed by atoms with Gasteiger partial charge >= 0.3 is 0 Å². The van der Waals surface area contributed by atoms with E-state index in [1.54, 1.807) is 12.1 Å². The predicted molar refractivity (Wildman–Crippen MR) is 82.1 cm³/mol. The van der Waals surface area contributed by atoms with Crippen LogP contribution in [-0.4, -0.2) is 11.0 Å². The van der Waals surface area contributed by atoms with Gasteiger partial charge < -0.3 is 10.8 Å². The van der Waals surface area contributed by atoms with E-state index in [0.29, 0.717) is 12.0 Å². The number of rotatable bonds is 10. The number of carbonyl (C=O) groups excluding carboxylic acids is 1. The van der Waals surface area contributed by atoms with Crippen LogP contribution in [-0.2, 0) is 10.4 Å². The van der Waals surface area contributed by atoms with Gasteiger partial charge in [0.25, 0.3) is 5.91 Å². The highest BCUT2D eigenvalue weighted by atomic mass is 16.3. The molecule has 1 atom stereocenters. The van der Waals surface area contributed by atoms with Crippen LogP contribution in [0.1, 0.15) is 63.9 Å². The Kier molecular flexibility index (Phi) is 7.31. The first-order valence-electron chi connectivity index (χ1n) is 7.69. The third-order valence-corrected chi connectivity index (χ3v) is 3.80. The monoisotopic (exact) mass is 277 g/mol. The van der Waals surface area contributed by atoms with Crippen molar-refractivity contribution in [2.45, 2.75) is 63.9 Å². The van der Waals surface area contributed by atoms with E-state index in [1.807, 2.05) is 18.2 Å². The summed E-state index contributed by atoms with van der Waals surface area (Å²) in [7, 11) is 0. The summed E-state index contributed by atoms with van der Waals surface area (Å²) in [6.07, 6.45) is 8.45. The van der Waals surface area contributed by atoms with Crippen LogP contribution in [0.4, 0.5) is 0 Å². The molecule has 1 aromatic rings. The molecule has 0 radical (unpaired) electrons. The summed E-state index contributed by atoms with van der Waals surface area (Å²) in [5, 5.41) is 10.5. The van der Waals surface area contributed by atoms with E-state index in [-0.39, 0.29) is 0 Å². The molecule has 1 aromatic carbocycles. The van der Waals surface area contributed by atoms with Crippen LogP contribution in [0.2, 0.25) is 0 Å². The van der Waals surface area contributed by atoms with E-state index in [1.165, 1.54) is 25.7 Å². The van der Waals surface area contributed by atoms with Gasteiger partial charge in [0, 0.05) is 0 Å².